The van der Waals surface area contributed by atoms with E-state index in [4.69, 9.17) is 10.5 Å². The van der Waals surface area contributed by atoms with E-state index in [0.717, 1.165) is 18.6 Å². The van der Waals surface area contributed by atoms with Crippen molar-refractivity contribution >= 4 is 27.6 Å². The number of nitrogens with two attached hydrogens (primary N) is 1. The van der Waals surface area contributed by atoms with E-state index in [1.165, 1.54) is 0 Å². The van der Waals surface area contributed by atoms with Crippen molar-refractivity contribution in [2.24, 2.45) is 10.1 Å². The van der Waals surface area contributed by atoms with Gasteiger partial charge in [0, 0.05) is 0 Å². The van der Waals surface area contributed by atoms with Crippen LogP contribution in [0.15, 0.2) is 22.6 Å². The van der Waals surface area contributed by atoms with Crippen molar-refractivity contribution in [2.75, 3.05) is 18.6 Å². The van der Waals surface area contributed by atoms with Gasteiger partial charge in [-0.2, -0.15) is 11.8 Å². The highest BCUT2D eigenvalue weighted by molar-refractivity contribution is 7.98. The fourth-order valence-electron chi connectivity index (χ4n) is 2.06. The van der Waals surface area contributed by atoms with Gasteiger partial charge in [-0.05, 0) is 36.5 Å². The Hall–Kier alpha value is -1.21. The second kappa shape index (κ2) is 6.49. The molecule has 2 N–H and O–H groups in total. The Labute approximate surface area is 123 Å². The van der Waals surface area contributed by atoms with Gasteiger partial charge >= 0.3 is 0 Å². The Balaban J connectivity index is 2.13. The number of hydrogen-bond acceptors (Lipinski definition) is 5. The molecule has 5 nitrogen and oxygen atoms in total. The maximum atomic E-state index is 11.6. The van der Waals surface area contributed by atoms with E-state index in [1.54, 1.807) is 18.2 Å². The number of benzene rings is 1. The highest BCUT2D eigenvalue weighted by Crippen LogP contribution is 2.28. The van der Waals surface area contributed by atoms with Crippen molar-refractivity contribution in [3.63, 3.8) is 0 Å². The lowest BCUT2D eigenvalue weighted by Crippen LogP contribution is -2.24. The van der Waals surface area contributed by atoms with Crippen molar-refractivity contribution in [2.45, 2.75) is 18.6 Å². The van der Waals surface area contributed by atoms with Gasteiger partial charge in [-0.1, -0.05) is 12.1 Å². The lowest BCUT2D eigenvalue weighted by atomic mass is 10.1. The summed E-state index contributed by atoms with van der Waals surface area (Å²) in [4.78, 5) is 0. The average molecular weight is 314 g/mol. The molecule has 7 heteroatoms. The van der Waals surface area contributed by atoms with Crippen molar-refractivity contribution in [1.82, 2.24) is 0 Å². The number of hydrogen-bond donors (Lipinski definition) is 1. The van der Waals surface area contributed by atoms with E-state index in [-0.39, 0.29) is 11.6 Å². The van der Waals surface area contributed by atoms with Crippen LogP contribution in [-0.2, 0) is 15.8 Å². The minimum Gasteiger partial charge on any atom is -0.493 e. The molecule has 0 fully saturated rings. The molecule has 1 heterocycles. The van der Waals surface area contributed by atoms with Crippen molar-refractivity contribution in [3.8, 4) is 5.75 Å². The topological polar surface area (TPSA) is 81.8 Å². The monoisotopic (exact) mass is 314 g/mol. The largest absolute Gasteiger partial charge is 0.493 e. The van der Waals surface area contributed by atoms with Crippen LogP contribution >= 0.6 is 11.8 Å². The summed E-state index contributed by atoms with van der Waals surface area (Å²) in [7, 11) is -3.49. The number of amidine groups is 1. The van der Waals surface area contributed by atoms with Crippen LogP contribution in [0.25, 0.3) is 0 Å². The molecule has 0 spiro atoms. The Morgan fingerprint density at radius 3 is 2.95 bits per heavy atom. The first-order valence-electron chi connectivity index (χ1n) is 6.35. The van der Waals surface area contributed by atoms with Crippen LogP contribution in [0.2, 0.25) is 0 Å². The Bertz CT molecular complexity index is 612. The summed E-state index contributed by atoms with van der Waals surface area (Å²) >= 11 is 1.81. The molecule has 1 aromatic carbocycles. The normalized spacial score (nSPS) is 16.4. The van der Waals surface area contributed by atoms with Gasteiger partial charge in [-0.3, -0.25) is 0 Å². The predicted octanol–water partition coefficient (Wildman–Crippen LogP) is 1.76. The van der Waals surface area contributed by atoms with Crippen molar-refractivity contribution in [1.29, 1.82) is 0 Å². The predicted molar refractivity (Wildman–Crippen MR) is 82.9 cm³/mol. The van der Waals surface area contributed by atoms with Crippen molar-refractivity contribution < 1.29 is 13.2 Å². The zero-order valence-corrected chi connectivity index (χ0v) is 13.0. The first-order valence-corrected chi connectivity index (χ1v) is 9.36. The summed E-state index contributed by atoms with van der Waals surface area (Å²) in [6.45, 7) is 0.594. The zero-order valence-electron chi connectivity index (χ0n) is 11.3. The van der Waals surface area contributed by atoms with Gasteiger partial charge in [0.15, 0.2) is 0 Å². The van der Waals surface area contributed by atoms with Gasteiger partial charge in [0.05, 0.1) is 17.9 Å². The molecule has 0 saturated heterocycles. The maximum Gasteiger partial charge on any atom is 0.259 e. The second-order valence-electron chi connectivity index (χ2n) is 4.54. The molecular weight excluding hydrogens is 296 g/mol. The minimum atomic E-state index is -3.49. The molecule has 0 unspecified atom stereocenters. The fraction of sp³-hybridized carbons (Fsp3) is 0.462. The molecule has 0 atom stereocenters. The summed E-state index contributed by atoms with van der Waals surface area (Å²) in [6, 6.07) is 5.33. The van der Waals surface area contributed by atoms with E-state index in [9.17, 15) is 8.42 Å². The highest BCUT2D eigenvalue weighted by Gasteiger charge is 2.24. The van der Waals surface area contributed by atoms with Crippen LogP contribution in [0.4, 0.5) is 0 Å². The molecule has 0 saturated carbocycles. The van der Waals surface area contributed by atoms with Crippen LogP contribution in [0.5, 0.6) is 5.75 Å². The Morgan fingerprint density at radius 1 is 1.40 bits per heavy atom. The molecule has 1 aliphatic rings. The number of sulfonamides is 1. The molecule has 1 aromatic rings. The molecular formula is C13H18N2O3S2. The Morgan fingerprint density at radius 2 is 2.20 bits per heavy atom. The third-order valence-electron chi connectivity index (χ3n) is 2.94. The zero-order chi connectivity index (χ0) is 14.6. The van der Waals surface area contributed by atoms with Gasteiger partial charge in [0.2, 0.25) is 0 Å². The molecule has 0 amide bonds. The first-order chi connectivity index (χ1) is 9.53. The summed E-state index contributed by atoms with van der Waals surface area (Å²) in [5.74, 6) is 1.62. The minimum absolute atomic E-state index is 0.0194. The van der Waals surface area contributed by atoms with Gasteiger partial charge < -0.3 is 10.5 Å². The molecule has 20 heavy (non-hydrogen) atoms. The molecule has 0 bridgehead atoms. The number of ether oxygens (including phenoxy) is 1. The summed E-state index contributed by atoms with van der Waals surface area (Å²) < 4.78 is 32.4. The third-order valence-corrected chi connectivity index (χ3v) is 4.79. The number of nitrogens with zero attached hydrogens (tertiary/aromatic N) is 1. The van der Waals surface area contributed by atoms with E-state index in [1.807, 2.05) is 11.8 Å². The standard InChI is InChI=1S/C13H18N2O3S2/c1-19-8-3-2-7-18-11-6-4-5-10-9-20(16,17)15-13(14)12(10)11/h4-6H,2-3,7-9H2,1H3,(H2,14,15). The van der Waals surface area contributed by atoms with E-state index in [2.05, 4.69) is 10.7 Å². The quantitative estimate of drug-likeness (QED) is 0.809. The first kappa shape index (κ1) is 15.2. The third kappa shape index (κ3) is 3.67. The molecule has 1 aliphatic heterocycles. The van der Waals surface area contributed by atoms with Crippen LogP contribution in [-0.4, -0.2) is 32.9 Å². The number of unbranched alkanes of at least 4 members (excludes halogenated alkanes) is 1. The maximum absolute atomic E-state index is 11.6. The van der Waals surface area contributed by atoms with Crippen LogP contribution in [0.3, 0.4) is 0 Å². The highest BCUT2D eigenvalue weighted by atomic mass is 32.2. The smallest absolute Gasteiger partial charge is 0.259 e. The summed E-state index contributed by atoms with van der Waals surface area (Å²) in [5.41, 5.74) is 7.03. The van der Waals surface area contributed by atoms with E-state index >= 15 is 0 Å². The molecule has 0 aliphatic carbocycles. The van der Waals surface area contributed by atoms with Crippen molar-refractivity contribution in [3.05, 3.63) is 29.3 Å². The van der Waals surface area contributed by atoms with Crippen LogP contribution < -0.4 is 10.5 Å². The second-order valence-corrected chi connectivity index (χ2v) is 7.16. The number of thioether (sulfide) groups is 1. The van der Waals surface area contributed by atoms with Gasteiger partial charge in [0.1, 0.15) is 11.6 Å². The summed E-state index contributed by atoms with van der Waals surface area (Å²) in [6.07, 6.45) is 4.13. The average Bonchev–Trinajstić information content (AvgIpc) is 2.36. The molecule has 110 valence electrons. The van der Waals surface area contributed by atoms with Gasteiger partial charge in [0.25, 0.3) is 10.0 Å². The molecule has 2 rings (SSSR count). The van der Waals surface area contributed by atoms with Crippen LogP contribution in [0, 0.1) is 0 Å². The van der Waals surface area contributed by atoms with Crippen LogP contribution in [0.1, 0.15) is 24.0 Å². The fourth-order valence-corrected chi connectivity index (χ4v) is 3.64. The summed E-state index contributed by atoms with van der Waals surface area (Å²) in [5, 5.41) is 0. The Kier molecular flexibility index (Phi) is 4.93. The number of rotatable bonds is 6. The van der Waals surface area contributed by atoms with E-state index < -0.39 is 10.0 Å². The molecule has 0 radical (unpaired) electrons. The van der Waals surface area contributed by atoms with E-state index in [0.29, 0.717) is 23.5 Å². The van der Waals surface area contributed by atoms with Gasteiger partial charge in [-0.15, -0.1) is 4.40 Å². The lowest BCUT2D eigenvalue weighted by Gasteiger charge is -2.18. The molecule has 0 aromatic heterocycles. The number of fused-ring (bicyclic) bond motifs is 1. The SMILES string of the molecule is CSCCCCOc1cccc2c1C(N)=NS(=O)(=O)C2. The lowest BCUT2D eigenvalue weighted by molar-refractivity contribution is 0.309. The van der Waals surface area contributed by atoms with Gasteiger partial charge in [-0.25, -0.2) is 8.42 Å².